The largest absolute Gasteiger partial charge is 0.439 e. The summed E-state index contributed by atoms with van der Waals surface area (Å²) >= 11 is 0. The minimum Gasteiger partial charge on any atom is -0.439 e. The highest BCUT2D eigenvalue weighted by atomic mass is 19.2. The molecular formula is C17H22FN5O. The van der Waals surface area contributed by atoms with E-state index < -0.39 is 5.85 Å². The van der Waals surface area contributed by atoms with Gasteiger partial charge >= 0.3 is 0 Å². The van der Waals surface area contributed by atoms with Crippen molar-refractivity contribution in [1.82, 2.24) is 25.1 Å². The van der Waals surface area contributed by atoms with E-state index in [9.17, 15) is 4.39 Å². The molecule has 2 atom stereocenters. The predicted octanol–water partition coefficient (Wildman–Crippen LogP) is 2.93. The summed E-state index contributed by atoms with van der Waals surface area (Å²) in [5, 5.41) is 8.12. The molecule has 0 spiro atoms. The van der Waals surface area contributed by atoms with Gasteiger partial charge in [0.05, 0.1) is 11.7 Å². The molecule has 1 saturated carbocycles. The van der Waals surface area contributed by atoms with Crippen LogP contribution in [-0.4, -0.2) is 38.0 Å². The first-order valence-electron chi connectivity index (χ1n) is 8.13. The monoisotopic (exact) mass is 331 g/mol. The Labute approximate surface area is 141 Å². The van der Waals surface area contributed by atoms with Gasteiger partial charge in [-0.3, -0.25) is 4.90 Å². The topological polar surface area (TPSA) is 64.0 Å². The summed E-state index contributed by atoms with van der Waals surface area (Å²) in [5.74, 6) is -0.716. The standard InChI is InChI=1S/C17H22FN5O/c1-12(16-19-9-4-10-20-16)23(3)11-14-7-8-15(22-21-14)24-17(2,18)13-5-6-13/h4,7-10,12-13H,5-6,11H2,1-3H3. The number of nitrogens with zero attached hydrogens (tertiary/aromatic N) is 5. The van der Waals surface area contributed by atoms with E-state index >= 15 is 0 Å². The Kier molecular flexibility index (Phi) is 4.71. The Hall–Kier alpha value is -2.15. The average Bonchev–Trinajstić information content (AvgIpc) is 3.42. The maximum Gasteiger partial charge on any atom is 0.250 e. The van der Waals surface area contributed by atoms with E-state index in [-0.39, 0.29) is 17.8 Å². The van der Waals surface area contributed by atoms with Crippen molar-refractivity contribution in [3.8, 4) is 5.88 Å². The number of rotatable bonds is 7. The first-order chi connectivity index (χ1) is 11.5. The van der Waals surface area contributed by atoms with Crippen LogP contribution >= 0.6 is 0 Å². The number of aromatic nitrogens is 4. The van der Waals surface area contributed by atoms with Crippen LogP contribution in [0.25, 0.3) is 0 Å². The summed E-state index contributed by atoms with van der Waals surface area (Å²) in [5.41, 5.74) is 0.777. The Morgan fingerprint density at radius 2 is 2.00 bits per heavy atom. The smallest absolute Gasteiger partial charge is 0.250 e. The SMILES string of the molecule is CC(c1ncccn1)N(C)Cc1ccc(OC(C)(F)C2CC2)nn1. The molecule has 2 heterocycles. The van der Waals surface area contributed by atoms with Crippen LogP contribution in [0.3, 0.4) is 0 Å². The summed E-state index contributed by atoms with van der Waals surface area (Å²) < 4.78 is 19.6. The number of hydrogen-bond donors (Lipinski definition) is 0. The summed E-state index contributed by atoms with van der Waals surface area (Å²) in [6, 6.07) is 5.31. The maximum absolute atomic E-state index is 14.3. The summed E-state index contributed by atoms with van der Waals surface area (Å²) in [7, 11) is 1.97. The van der Waals surface area contributed by atoms with E-state index in [2.05, 4.69) is 25.1 Å². The van der Waals surface area contributed by atoms with Crippen molar-refractivity contribution in [3.63, 3.8) is 0 Å². The van der Waals surface area contributed by atoms with E-state index in [4.69, 9.17) is 4.74 Å². The van der Waals surface area contributed by atoms with Crippen LogP contribution in [0.4, 0.5) is 4.39 Å². The fourth-order valence-corrected chi connectivity index (χ4v) is 2.49. The molecule has 2 unspecified atom stereocenters. The fraction of sp³-hybridized carbons (Fsp3) is 0.529. The van der Waals surface area contributed by atoms with E-state index in [1.165, 1.54) is 6.92 Å². The first kappa shape index (κ1) is 16.7. The average molecular weight is 331 g/mol. The van der Waals surface area contributed by atoms with E-state index in [0.29, 0.717) is 6.54 Å². The van der Waals surface area contributed by atoms with Gasteiger partial charge in [0.1, 0.15) is 5.82 Å². The number of hydrogen-bond acceptors (Lipinski definition) is 6. The normalized spacial score (nSPS) is 18.2. The second-order valence-electron chi connectivity index (χ2n) is 6.42. The lowest BCUT2D eigenvalue weighted by Gasteiger charge is -2.23. The molecule has 0 radical (unpaired) electrons. The number of ether oxygens (including phenoxy) is 1. The highest BCUT2D eigenvalue weighted by Crippen LogP contribution is 2.42. The van der Waals surface area contributed by atoms with E-state index in [1.54, 1.807) is 30.6 Å². The molecule has 0 N–H and O–H groups in total. The van der Waals surface area contributed by atoms with Crippen molar-refractivity contribution < 1.29 is 9.13 Å². The quantitative estimate of drug-likeness (QED) is 0.777. The van der Waals surface area contributed by atoms with E-state index in [0.717, 1.165) is 24.4 Å². The molecule has 0 aromatic carbocycles. The molecule has 2 aromatic heterocycles. The molecule has 24 heavy (non-hydrogen) atoms. The van der Waals surface area contributed by atoms with Gasteiger partial charge < -0.3 is 4.74 Å². The third-order valence-corrected chi connectivity index (χ3v) is 4.34. The molecule has 1 fully saturated rings. The molecule has 6 nitrogen and oxygen atoms in total. The highest BCUT2D eigenvalue weighted by molar-refractivity contribution is 5.13. The van der Waals surface area contributed by atoms with Gasteiger partial charge in [-0.1, -0.05) is 0 Å². The van der Waals surface area contributed by atoms with Crippen LogP contribution < -0.4 is 4.74 Å². The van der Waals surface area contributed by atoms with E-state index in [1.807, 2.05) is 14.0 Å². The van der Waals surface area contributed by atoms with Gasteiger partial charge in [0.2, 0.25) is 11.7 Å². The Balaban J connectivity index is 1.59. The lowest BCUT2D eigenvalue weighted by Crippen LogP contribution is -2.29. The lowest BCUT2D eigenvalue weighted by molar-refractivity contribution is -0.0680. The van der Waals surface area contributed by atoms with Gasteiger partial charge in [0.15, 0.2) is 0 Å². The van der Waals surface area contributed by atoms with Crippen LogP contribution in [0, 0.1) is 5.92 Å². The molecule has 7 heteroatoms. The van der Waals surface area contributed by atoms with Crippen molar-refractivity contribution in [2.45, 2.75) is 45.1 Å². The zero-order valence-corrected chi connectivity index (χ0v) is 14.2. The van der Waals surface area contributed by atoms with Crippen molar-refractivity contribution in [2.75, 3.05) is 7.05 Å². The maximum atomic E-state index is 14.3. The number of halogens is 1. The molecule has 2 aromatic rings. The minimum absolute atomic E-state index is 0.0307. The Bertz CT molecular complexity index is 660. The summed E-state index contributed by atoms with van der Waals surface area (Å²) in [6.45, 7) is 4.07. The van der Waals surface area contributed by atoms with Crippen molar-refractivity contribution in [1.29, 1.82) is 0 Å². The Morgan fingerprint density at radius 1 is 1.29 bits per heavy atom. The summed E-state index contributed by atoms with van der Waals surface area (Å²) in [4.78, 5) is 10.6. The molecule has 0 saturated heterocycles. The lowest BCUT2D eigenvalue weighted by atomic mass is 10.2. The van der Waals surface area contributed by atoms with Gasteiger partial charge in [-0.25, -0.2) is 9.97 Å². The van der Waals surface area contributed by atoms with Crippen molar-refractivity contribution in [3.05, 3.63) is 42.1 Å². The summed E-state index contributed by atoms with van der Waals surface area (Å²) in [6.07, 6.45) is 5.18. The van der Waals surface area contributed by atoms with Crippen LogP contribution in [0.1, 0.15) is 44.2 Å². The van der Waals surface area contributed by atoms with Crippen molar-refractivity contribution >= 4 is 0 Å². The minimum atomic E-state index is -1.66. The molecule has 1 aliphatic carbocycles. The van der Waals surface area contributed by atoms with Gasteiger partial charge in [-0.15, -0.1) is 5.10 Å². The van der Waals surface area contributed by atoms with Crippen LogP contribution in [0.15, 0.2) is 30.6 Å². The van der Waals surface area contributed by atoms with Gasteiger partial charge in [-0.2, -0.15) is 9.49 Å². The third kappa shape index (κ3) is 4.03. The fourth-order valence-electron chi connectivity index (χ4n) is 2.49. The second-order valence-corrected chi connectivity index (χ2v) is 6.42. The number of alkyl halides is 1. The Morgan fingerprint density at radius 3 is 2.58 bits per heavy atom. The van der Waals surface area contributed by atoms with Gasteiger partial charge in [-0.05, 0) is 38.9 Å². The zero-order chi connectivity index (χ0) is 17.2. The third-order valence-electron chi connectivity index (χ3n) is 4.34. The first-order valence-corrected chi connectivity index (χ1v) is 8.13. The molecule has 0 amide bonds. The predicted molar refractivity (Wildman–Crippen MR) is 86.8 cm³/mol. The molecule has 3 rings (SSSR count). The zero-order valence-electron chi connectivity index (χ0n) is 14.2. The molecular weight excluding hydrogens is 309 g/mol. The molecule has 0 aliphatic heterocycles. The van der Waals surface area contributed by atoms with Gasteiger partial charge in [0.25, 0.3) is 0 Å². The highest BCUT2D eigenvalue weighted by Gasteiger charge is 2.44. The van der Waals surface area contributed by atoms with Crippen LogP contribution in [0.2, 0.25) is 0 Å². The van der Waals surface area contributed by atoms with Crippen molar-refractivity contribution in [2.24, 2.45) is 5.92 Å². The molecule has 128 valence electrons. The molecule has 1 aliphatic rings. The van der Waals surface area contributed by atoms with Crippen LogP contribution in [0.5, 0.6) is 5.88 Å². The van der Waals surface area contributed by atoms with Crippen LogP contribution in [-0.2, 0) is 6.54 Å². The van der Waals surface area contributed by atoms with Gasteiger partial charge in [0, 0.05) is 37.8 Å². The molecule has 0 bridgehead atoms. The second kappa shape index (κ2) is 6.76.